The molecule has 0 aromatic heterocycles. The lowest BCUT2D eigenvalue weighted by Gasteiger charge is -2.25. The molecular weight excluding hydrogens is 536 g/mol. The number of nitrogens with one attached hydrogen (secondary N) is 1. The maximum absolute atomic E-state index is 12.6. The fraction of sp³-hybridized carbons (Fsp3) is 0.552. The summed E-state index contributed by atoms with van der Waals surface area (Å²) in [6, 6.07) is 0. The van der Waals surface area contributed by atoms with Gasteiger partial charge in [0.25, 0.3) is 18.5 Å². The number of hydrogen-bond acceptors (Lipinski definition) is 10. The number of cyclic esters (lactones) is 2. The Hall–Kier alpha value is -4.09. The average molecular weight is 575 g/mol. The van der Waals surface area contributed by atoms with Crippen molar-refractivity contribution in [3.8, 4) is 0 Å². The highest BCUT2D eigenvalue weighted by atomic mass is 16.7. The first-order valence-corrected chi connectivity index (χ1v) is 13.6. The highest BCUT2D eigenvalue weighted by molar-refractivity contribution is 6.02. The quantitative estimate of drug-likeness (QED) is 0.228. The van der Waals surface area contributed by atoms with Crippen LogP contribution in [0.3, 0.4) is 0 Å². The van der Waals surface area contributed by atoms with Crippen LogP contribution in [-0.2, 0) is 42.9 Å². The Morgan fingerprint density at radius 2 is 1.41 bits per heavy atom. The van der Waals surface area contributed by atoms with Crippen molar-refractivity contribution in [1.29, 1.82) is 0 Å². The summed E-state index contributed by atoms with van der Waals surface area (Å²) in [6.45, 7) is 9.54. The van der Waals surface area contributed by atoms with Gasteiger partial charge in [0, 0.05) is 36.4 Å². The minimum absolute atomic E-state index is 0.104. The van der Waals surface area contributed by atoms with Gasteiger partial charge < -0.3 is 29.0 Å². The Bertz CT molecular complexity index is 1170. The number of ether oxygens (including phenoxy) is 5. The van der Waals surface area contributed by atoms with Crippen molar-refractivity contribution in [3.05, 3.63) is 47.0 Å². The minimum atomic E-state index is -0.837. The molecule has 12 nitrogen and oxygen atoms in total. The van der Waals surface area contributed by atoms with Crippen LogP contribution in [0.15, 0.2) is 47.0 Å². The van der Waals surface area contributed by atoms with Crippen molar-refractivity contribution >= 4 is 29.8 Å². The molecule has 2 atom stereocenters. The van der Waals surface area contributed by atoms with Gasteiger partial charge in [-0.3, -0.25) is 9.59 Å². The van der Waals surface area contributed by atoms with E-state index in [1.54, 1.807) is 40.7 Å². The van der Waals surface area contributed by atoms with Gasteiger partial charge in [0.15, 0.2) is 0 Å². The van der Waals surface area contributed by atoms with Crippen LogP contribution in [-0.4, -0.2) is 66.0 Å². The molecule has 0 aromatic carbocycles. The number of rotatable bonds is 4. The van der Waals surface area contributed by atoms with E-state index < -0.39 is 36.2 Å². The molecule has 4 aliphatic rings. The van der Waals surface area contributed by atoms with E-state index in [-0.39, 0.29) is 11.9 Å². The first kappa shape index (κ1) is 31.4. The van der Waals surface area contributed by atoms with E-state index in [2.05, 4.69) is 5.32 Å². The largest absolute Gasteiger partial charge is 0.458 e. The molecule has 0 radical (unpaired) electrons. The molecule has 41 heavy (non-hydrogen) atoms. The molecule has 2 fully saturated rings. The van der Waals surface area contributed by atoms with Crippen LogP contribution >= 0.6 is 0 Å². The highest BCUT2D eigenvalue weighted by Crippen LogP contribution is 2.22. The van der Waals surface area contributed by atoms with Crippen molar-refractivity contribution in [2.75, 3.05) is 13.1 Å². The molecule has 0 aromatic rings. The summed E-state index contributed by atoms with van der Waals surface area (Å²) >= 11 is 0. The second-order valence-corrected chi connectivity index (χ2v) is 10.9. The molecule has 0 saturated carbocycles. The second kappa shape index (κ2) is 14.0. The average Bonchev–Trinajstić information content (AvgIpc) is 3.20. The third kappa shape index (κ3) is 9.51. The molecule has 4 heterocycles. The van der Waals surface area contributed by atoms with Crippen LogP contribution in [0.4, 0.5) is 4.79 Å². The van der Waals surface area contributed by atoms with E-state index in [1.165, 1.54) is 18.6 Å². The Labute approximate surface area is 239 Å². The number of hydrogen-bond donors (Lipinski definition) is 1. The molecule has 224 valence electrons. The standard InChI is InChI=1S/C17H23NO6.C12H15NO4/c1-11-9-13(23-15(11)20)22-10-12-7-5-6-8-18(14(12)19)16(21)24-17(2,3)4;1-8-6-10(17-12(8)15)16-7-9-4-2-3-5-13-11(9)14/h9-10,13H,5-8H2,1-4H3;6-7,10H,2-5H2,1H3,(H,13,14)/b12-10+;9-7+. The second-order valence-electron chi connectivity index (χ2n) is 10.9. The summed E-state index contributed by atoms with van der Waals surface area (Å²) in [5.41, 5.74) is 1.26. The maximum Gasteiger partial charge on any atom is 0.417 e. The lowest BCUT2D eigenvalue weighted by Crippen LogP contribution is -2.41. The molecule has 0 bridgehead atoms. The fourth-order valence-corrected chi connectivity index (χ4v) is 3.99. The van der Waals surface area contributed by atoms with Gasteiger partial charge in [-0.2, -0.15) is 0 Å². The number of carbonyl (C=O) groups is 5. The predicted octanol–water partition coefficient (Wildman–Crippen LogP) is 3.68. The summed E-state index contributed by atoms with van der Waals surface area (Å²) in [7, 11) is 0. The van der Waals surface area contributed by atoms with E-state index in [1.807, 2.05) is 0 Å². The van der Waals surface area contributed by atoms with E-state index in [4.69, 9.17) is 23.7 Å². The summed E-state index contributed by atoms with van der Waals surface area (Å²) in [4.78, 5) is 59.8. The zero-order valence-corrected chi connectivity index (χ0v) is 24.2. The predicted molar refractivity (Wildman–Crippen MR) is 144 cm³/mol. The van der Waals surface area contributed by atoms with Crippen LogP contribution in [0, 0.1) is 0 Å². The maximum atomic E-state index is 12.6. The van der Waals surface area contributed by atoms with E-state index in [0.717, 1.165) is 24.2 Å². The first-order valence-electron chi connectivity index (χ1n) is 13.6. The number of imide groups is 1. The summed E-state index contributed by atoms with van der Waals surface area (Å²) < 4.78 is 25.8. The number of likely N-dealkylation sites (tertiary alicyclic amines) is 1. The summed E-state index contributed by atoms with van der Waals surface area (Å²) in [5.74, 6) is -1.36. The van der Waals surface area contributed by atoms with Crippen LogP contribution in [0.5, 0.6) is 0 Å². The molecular formula is C29H38N2O10. The summed E-state index contributed by atoms with van der Waals surface area (Å²) in [6.07, 6.45) is 8.14. The smallest absolute Gasteiger partial charge is 0.417 e. The highest BCUT2D eigenvalue weighted by Gasteiger charge is 2.31. The molecule has 12 heteroatoms. The SMILES string of the molecule is CC1=CC(O/C=C2\CCCCN(C(=O)OC(C)(C)C)C2=O)OC1=O.CC1=CC(O/C=C2\CCCCNC2=O)OC1=O. The van der Waals surface area contributed by atoms with Gasteiger partial charge in [-0.25, -0.2) is 19.3 Å². The normalized spacial score (nSPS) is 25.1. The Morgan fingerprint density at radius 1 is 0.878 bits per heavy atom. The monoisotopic (exact) mass is 574 g/mol. The van der Waals surface area contributed by atoms with Crippen molar-refractivity contribution in [1.82, 2.24) is 10.2 Å². The molecule has 0 aliphatic carbocycles. The van der Waals surface area contributed by atoms with Gasteiger partial charge in [-0.15, -0.1) is 0 Å². The van der Waals surface area contributed by atoms with Crippen molar-refractivity contribution < 1.29 is 47.7 Å². The minimum Gasteiger partial charge on any atom is -0.458 e. The summed E-state index contributed by atoms with van der Waals surface area (Å²) in [5, 5.41) is 2.78. The first-order chi connectivity index (χ1) is 19.3. The molecule has 2 saturated heterocycles. The van der Waals surface area contributed by atoms with Crippen molar-refractivity contribution in [2.45, 2.75) is 91.3 Å². The zero-order valence-electron chi connectivity index (χ0n) is 24.2. The van der Waals surface area contributed by atoms with Gasteiger partial charge in [-0.1, -0.05) is 0 Å². The molecule has 3 amide bonds. The number of nitrogens with zero attached hydrogens (tertiary/aromatic N) is 1. The van der Waals surface area contributed by atoms with Gasteiger partial charge in [0.05, 0.1) is 23.7 Å². The van der Waals surface area contributed by atoms with Gasteiger partial charge in [0.2, 0.25) is 5.91 Å². The van der Waals surface area contributed by atoms with Crippen LogP contribution in [0.2, 0.25) is 0 Å². The fourth-order valence-electron chi connectivity index (χ4n) is 3.99. The number of esters is 2. The lowest BCUT2D eigenvalue weighted by atomic mass is 10.1. The lowest BCUT2D eigenvalue weighted by molar-refractivity contribution is -0.153. The third-order valence-corrected chi connectivity index (χ3v) is 6.21. The van der Waals surface area contributed by atoms with Gasteiger partial charge in [0.1, 0.15) is 5.60 Å². The molecule has 0 spiro atoms. The van der Waals surface area contributed by atoms with Gasteiger partial charge >= 0.3 is 18.0 Å². The van der Waals surface area contributed by atoms with Crippen LogP contribution in [0.1, 0.15) is 73.1 Å². The third-order valence-electron chi connectivity index (χ3n) is 6.21. The molecule has 4 rings (SSSR count). The molecule has 2 unspecified atom stereocenters. The van der Waals surface area contributed by atoms with E-state index in [9.17, 15) is 24.0 Å². The van der Waals surface area contributed by atoms with E-state index in [0.29, 0.717) is 54.6 Å². The molecule has 4 aliphatic heterocycles. The van der Waals surface area contributed by atoms with Crippen LogP contribution < -0.4 is 5.32 Å². The van der Waals surface area contributed by atoms with Crippen molar-refractivity contribution in [2.24, 2.45) is 0 Å². The van der Waals surface area contributed by atoms with Crippen molar-refractivity contribution in [3.63, 3.8) is 0 Å². The number of amides is 3. The topological polar surface area (TPSA) is 147 Å². The Kier molecular flexibility index (Phi) is 10.7. The number of carbonyl (C=O) groups excluding carboxylic acids is 5. The Balaban J connectivity index is 0.000000239. The van der Waals surface area contributed by atoms with Gasteiger partial charge in [-0.05, 0) is 73.1 Å². The van der Waals surface area contributed by atoms with E-state index >= 15 is 0 Å². The molecule has 1 N–H and O–H groups in total. The Morgan fingerprint density at radius 3 is 1.95 bits per heavy atom. The van der Waals surface area contributed by atoms with Crippen LogP contribution in [0.25, 0.3) is 0 Å². The zero-order chi connectivity index (χ0) is 30.2.